The van der Waals surface area contributed by atoms with Crippen molar-refractivity contribution in [3.05, 3.63) is 24.3 Å². The minimum atomic E-state index is -0.862. The first-order valence-electron chi connectivity index (χ1n) is 39.1. The van der Waals surface area contributed by atoms with Crippen LogP contribution in [0.1, 0.15) is 457 Å². The van der Waals surface area contributed by atoms with E-state index in [1.165, 1.54) is 405 Å². The molecule has 2 unspecified atom stereocenters. The van der Waals surface area contributed by atoms with Gasteiger partial charge in [0.1, 0.15) is 0 Å². The summed E-state index contributed by atoms with van der Waals surface area (Å²) < 4.78 is 0. The Bertz CT molecular complexity index is 1230. The van der Waals surface area contributed by atoms with Crippen LogP contribution in [-0.4, -0.2) is 34.9 Å². The van der Waals surface area contributed by atoms with Crippen LogP contribution in [0.3, 0.4) is 0 Å². The molecule has 0 fully saturated rings. The highest BCUT2D eigenvalue weighted by Gasteiger charge is 2.18. The number of hydrogen-bond donors (Lipinski definition) is 3. The van der Waals surface area contributed by atoms with Crippen LogP contribution in [0.4, 0.5) is 0 Å². The van der Waals surface area contributed by atoms with E-state index in [-0.39, 0.29) is 12.5 Å². The number of aliphatic hydroxyl groups excluding tert-OH is 2. The first-order chi connectivity index (χ1) is 41.2. The van der Waals surface area contributed by atoms with Crippen LogP contribution in [0.5, 0.6) is 0 Å². The predicted molar refractivity (Wildman–Crippen MR) is 373 cm³/mol. The molecular weight excluding hydrogens is 1010 g/mol. The lowest BCUT2D eigenvalue weighted by Gasteiger charge is -2.19. The third-order valence-corrected chi connectivity index (χ3v) is 18.7. The summed E-state index contributed by atoms with van der Waals surface area (Å²) in [4.78, 5) is 12.6. The average Bonchev–Trinajstić information content (AvgIpc) is 3.50. The zero-order chi connectivity index (χ0) is 59.8. The number of hydrogen-bond acceptors (Lipinski definition) is 3. The van der Waals surface area contributed by atoms with Crippen molar-refractivity contribution in [1.82, 2.24) is 5.32 Å². The van der Waals surface area contributed by atoms with Crippen LogP contribution in [0.25, 0.3) is 0 Å². The molecule has 4 nitrogen and oxygen atoms in total. The summed E-state index contributed by atoms with van der Waals surface area (Å²) in [5.74, 6) is -0.0630. The largest absolute Gasteiger partial charge is 0.394 e. The van der Waals surface area contributed by atoms with Gasteiger partial charge in [0.05, 0.1) is 18.8 Å². The molecule has 0 aromatic heterocycles. The van der Waals surface area contributed by atoms with Crippen LogP contribution in [0.15, 0.2) is 24.3 Å². The maximum Gasteiger partial charge on any atom is 0.220 e. The van der Waals surface area contributed by atoms with E-state index in [0.29, 0.717) is 6.42 Å². The molecule has 0 rings (SSSR count). The smallest absolute Gasteiger partial charge is 0.220 e. The monoisotopic (exact) mass is 1170 g/mol. The van der Waals surface area contributed by atoms with E-state index in [9.17, 15) is 15.0 Å². The molecule has 0 radical (unpaired) electrons. The van der Waals surface area contributed by atoms with Gasteiger partial charge in [-0.05, 0) is 32.1 Å². The molecule has 0 aromatic rings. The SMILES string of the molecule is CCCCCCCCCCCCCCCCCCCCCCCCCC/C=C/CC/C=C/C(O)C(CO)NC(=O)CCCCCCCCCCCCCCCCCCCCCCCCCCCCCCCCCCCCCCCCCCC. The van der Waals surface area contributed by atoms with Gasteiger partial charge in [-0.3, -0.25) is 4.79 Å². The highest BCUT2D eigenvalue weighted by molar-refractivity contribution is 5.76. The van der Waals surface area contributed by atoms with Gasteiger partial charge in [0.15, 0.2) is 0 Å². The fourth-order valence-electron chi connectivity index (χ4n) is 12.8. The lowest BCUT2D eigenvalue weighted by Crippen LogP contribution is -2.45. The Hall–Kier alpha value is -1.13. The molecule has 0 aliphatic carbocycles. The van der Waals surface area contributed by atoms with Gasteiger partial charge >= 0.3 is 0 Å². The Morgan fingerprint density at radius 3 is 0.699 bits per heavy atom. The van der Waals surface area contributed by atoms with E-state index in [4.69, 9.17) is 0 Å². The minimum Gasteiger partial charge on any atom is -0.394 e. The van der Waals surface area contributed by atoms with Crippen LogP contribution < -0.4 is 5.32 Å². The zero-order valence-electron chi connectivity index (χ0n) is 57.3. The van der Waals surface area contributed by atoms with Gasteiger partial charge in [-0.2, -0.15) is 0 Å². The van der Waals surface area contributed by atoms with E-state index in [1.807, 2.05) is 6.08 Å². The van der Waals surface area contributed by atoms with Crippen molar-refractivity contribution in [2.45, 2.75) is 469 Å². The lowest BCUT2D eigenvalue weighted by atomic mass is 10.0. The van der Waals surface area contributed by atoms with Crippen molar-refractivity contribution >= 4 is 5.91 Å². The van der Waals surface area contributed by atoms with Crippen molar-refractivity contribution in [2.75, 3.05) is 6.61 Å². The van der Waals surface area contributed by atoms with E-state index in [2.05, 4.69) is 31.3 Å². The Morgan fingerprint density at radius 1 is 0.277 bits per heavy atom. The molecule has 3 N–H and O–H groups in total. The summed E-state index contributed by atoms with van der Waals surface area (Å²) >= 11 is 0. The standard InChI is InChI=1S/C79H155NO3/c1-3-5-7-9-11-13-15-17-19-21-23-25-27-29-31-33-35-36-37-38-39-40-41-42-43-44-45-47-49-51-53-55-57-59-61-63-65-67-69-71-73-75-79(83)80-77(76-81)78(82)74-72-70-68-66-64-62-60-58-56-54-52-50-48-46-34-32-30-28-26-24-22-20-18-16-14-12-10-8-6-4-2/h64,66,72,74,77-78,81-82H,3-63,65,67-71,73,75-76H2,1-2H3,(H,80,83)/b66-64+,74-72+. The zero-order valence-corrected chi connectivity index (χ0v) is 57.3. The Labute approximate surface area is 523 Å². The number of unbranched alkanes of at least 4 members (excludes halogenated alkanes) is 65. The fourth-order valence-corrected chi connectivity index (χ4v) is 12.8. The first kappa shape index (κ1) is 81.9. The van der Waals surface area contributed by atoms with Gasteiger partial charge in [0.25, 0.3) is 0 Å². The molecule has 0 aliphatic rings. The summed E-state index contributed by atoms with van der Waals surface area (Å²) in [7, 11) is 0. The van der Waals surface area contributed by atoms with Crippen LogP contribution in [-0.2, 0) is 4.79 Å². The number of carbonyl (C=O) groups is 1. The number of amides is 1. The third kappa shape index (κ3) is 71.5. The molecule has 0 saturated carbocycles. The summed E-state index contributed by atoms with van der Waals surface area (Å²) in [5, 5.41) is 23.3. The first-order valence-corrected chi connectivity index (χ1v) is 39.1. The van der Waals surface area contributed by atoms with E-state index in [1.54, 1.807) is 6.08 Å². The van der Waals surface area contributed by atoms with Crippen LogP contribution in [0, 0.1) is 0 Å². The van der Waals surface area contributed by atoms with E-state index < -0.39 is 12.1 Å². The molecule has 0 bridgehead atoms. The highest BCUT2D eigenvalue weighted by atomic mass is 16.3. The second-order valence-electron chi connectivity index (χ2n) is 27.1. The molecule has 0 heterocycles. The van der Waals surface area contributed by atoms with E-state index in [0.717, 1.165) is 32.1 Å². The summed E-state index contributed by atoms with van der Waals surface area (Å²) in [6.07, 6.45) is 103. The Kier molecular flexibility index (Phi) is 74.1. The maximum atomic E-state index is 12.6. The molecule has 2 atom stereocenters. The molecule has 0 saturated heterocycles. The number of rotatable bonds is 74. The van der Waals surface area contributed by atoms with Crippen molar-refractivity contribution < 1.29 is 15.0 Å². The maximum absolute atomic E-state index is 12.6. The summed E-state index contributed by atoms with van der Waals surface area (Å²) in [5.41, 5.74) is 0. The average molecular weight is 1170 g/mol. The molecule has 0 aliphatic heterocycles. The second kappa shape index (κ2) is 75.1. The number of nitrogens with one attached hydrogen (secondary N) is 1. The summed E-state index contributed by atoms with van der Waals surface area (Å²) in [6.45, 7) is 4.36. The normalized spacial score (nSPS) is 12.7. The molecule has 4 heteroatoms. The van der Waals surface area contributed by atoms with Crippen LogP contribution in [0.2, 0.25) is 0 Å². The molecule has 0 aromatic carbocycles. The molecule has 1 amide bonds. The van der Waals surface area contributed by atoms with Crippen molar-refractivity contribution in [3.8, 4) is 0 Å². The number of aliphatic hydroxyl groups is 2. The van der Waals surface area contributed by atoms with Gasteiger partial charge in [-0.15, -0.1) is 0 Å². The second-order valence-corrected chi connectivity index (χ2v) is 27.1. The van der Waals surface area contributed by atoms with Gasteiger partial charge in [-0.25, -0.2) is 0 Å². The molecular formula is C79H155NO3. The topological polar surface area (TPSA) is 69.6 Å². The molecule has 83 heavy (non-hydrogen) atoms. The Balaban J connectivity index is 3.38. The fraction of sp³-hybridized carbons (Fsp3) is 0.937. The van der Waals surface area contributed by atoms with Crippen molar-refractivity contribution in [1.29, 1.82) is 0 Å². The lowest BCUT2D eigenvalue weighted by molar-refractivity contribution is -0.123. The number of allylic oxidation sites excluding steroid dienone is 3. The summed E-state index contributed by atoms with van der Waals surface area (Å²) in [6, 6.07) is -0.638. The molecule has 494 valence electrons. The van der Waals surface area contributed by atoms with Crippen molar-refractivity contribution in [2.24, 2.45) is 0 Å². The minimum absolute atomic E-state index is 0.0630. The van der Waals surface area contributed by atoms with Gasteiger partial charge < -0.3 is 15.5 Å². The third-order valence-electron chi connectivity index (χ3n) is 18.7. The quantitative estimate of drug-likeness (QED) is 0.0420. The van der Waals surface area contributed by atoms with E-state index >= 15 is 0 Å². The molecule has 0 spiro atoms. The van der Waals surface area contributed by atoms with Gasteiger partial charge in [0.2, 0.25) is 5.91 Å². The highest BCUT2D eigenvalue weighted by Crippen LogP contribution is 2.20. The van der Waals surface area contributed by atoms with Gasteiger partial charge in [-0.1, -0.05) is 443 Å². The van der Waals surface area contributed by atoms with Crippen LogP contribution >= 0.6 is 0 Å². The Morgan fingerprint density at radius 2 is 0.470 bits per heavy atom. The van der Waals surface area contributed by atoms with Gasteiger partial charge in [0, 0.05) is 6.42 Å². The number of carbonyl (C=O) groups excluding carboxylic acids is 1. The van der Waals surface area contributed by atoms with Crippen molar-refractivity contribution in [3.63, 3.8) is 0 Å². The predicted octanol–water partition coefficient (Wildman–Crippen LogP) is 26.9.